The largest absolute Gasteiger partial charge is 0.330 e. The third-order valence-corrected chi connectivity index (χ3v) is 4.63. The van der Waals surface area contributed by atoms with Crippen LogP contribution >= 0.6 is 11.3 Å². The molecule has 1 saturated heterocycles. The van der Waals surface area contributed by atoms with Gasteiger partial charge in [0.15, 0.2) is 0 Å². The zero-order valence-corrected chi connectivity index (χ0v) is 13.5. The molecule has 6 heteroatoms. The Kier molecular flexibility index (Phi) is 4.99. The van der Waals surface area contributed by atoms with Gasteiger partial charge in [-0.05, 0) is 40.8 Å². The van der Waals surface area contributed by atoms with E-state index in [-0.39, 0.29) is 12.1 Å². The fourth-order valence-electron chi connectivity index (χ4n) is 2.49. The van der Waals surface area contributed by atoms with Gasteiger partial charge >= 0.3 is 6.03 Å². The predicted molar refractivity (Wildman–Crippen MR) is 82.1 cm³/mol. The summed E-state index contributed by atoms with van der Waals surface area (Å²) in [5, 5.41) is 6.10. The van der Waals surface area contributed by atoms with Crippen molar-refractivity contribution < 1.29 is 4.79 Å². The van der Waals surface area contributed by atoms with Gasteiger partial charge in [-0.15, -0.1) is 11.3 Å². The highest BCUT2D eigenvalue weighted by Crippen LogP contribution is 2.18. The van der Waals surface area contributed by atoms with Crippen LogP contribution in [0.3, 0.4) is 0 Å². The molecule has 0 bridgehead atoms. The van der Waals surface area contributed by atoms with Gasteiger partial charge in [0, 0.05) is 24.5 Å². The van der Waals surface area contributed by atoms with E-state index in [4.69, 9.17) is 0 Å². The molecule has 0 saturated carbocycles. The molecule has 0 spiro atoms. The van der Waals surface area contributed by atoms with Crippen LogP contribution in [0.25, 0.3) is 0 Å². The topological polar surface area (TPSA) is 48.5 Å². The van der Waals surface area contributed by atoms with Gasteiger partial charge in [0.2, 0.25) is 0 Å². The molecule has 112 valence electrons. The van der Waals surface area contributed by atoms with E-state index in [0.29, 0.717) is 6.04 Å². The number of likely N-dealkylation sites (N-methyl/N-ethyl adjacent to an activating group) is 1. The monoisotopic (exact) mass is 296 g/mol. The second-order valence-electron chi connectivity index (χ2n) is 5.67. The van der Waals surface area contributed by atoms with Gasteiger partial charge < -0.3 is 15.1 Å². The Morgan fingerprint density at radius 3 is 2.95 bits per heavy atom. The van der Waals surface area contributed by atoms with E-state index in [1.54, 1.807) is 11.3 Å². The minimum absolute atomic E-state index is 0.0229. The maximum absolute atomic E-state index is 12.3. The van der Waals surface area contributed by atoms with E-state index < -0.39 is 0 Å². The number of rotatable bonds is 3. The lowest BCUT2D eigenvalue weighted by Gasteiger charge is -2.36. The van der Waals surface area contributed by atoms with Crippen LogP contribution in [-0.2, 0) is 0 Å². The number of likely N-dealkylation sites (tertiary alicyclic amines) is 1. The van der Waals surface area contributed by atoms with Gasteiger partial charge in [0.25, 0.3) is 0 Å². The van der Waals surface area contributed by atoms with Crippen molar-refractivity contribution in [1.82, 2.24) is 20.1 Å². The number of nitrogens with one attached hydrogen (secondary N) is 1. The highest BCUT2D eigenvalue weighted by molar-refractivity contribution is 7.09. The zero-order valence-electron chi connectivity index (χ0n) is 12.7. The Morgan fingerprint density at radius 1 is 1.60 bits per heavy atom. The molecule has 0 radical (unpaired) electrons. The molecule has 2 amide bonds. The van der Waals surface area contributed by atoms with Crippen molar-refractivity contribution in [2.75, 3.05) is 27.2 Å². The Balaban J connectivity index is 1.91. The molecule has 2 heterocycles. The number of hydrogen-bond donors (Lipinski definition) is 1. The third-order valence-electron chi connectivity index (χ3n) is 3.83. The van der Waals surface area contributed by atoms with Crippen molar-refractivity contribution >= 4 is 17.4 Å². The van der Waals surface area contributed by atoms with Crippen LogP contribution < -0.4 is 5.32 Å². The van der Waals surface area contributed by atoms with E-state index >= 15 is 0 Å². The molecule has 1 aromatic rings. The molecule has 1 aromatic heterocycles. The minimum Gasteiger partial charge on any atom is -0.330 e. The molecule has 0 unspecified atom stereocenters. The van der Waals surface area contributed by atoms with Gasteiger partial charge in [-0.3, -0.25) is 0 Å². The van der Waals surface area contributed by atoms with Crippen molar-refractivity contribution in [3.63, 3.8) is 0 Å². The van der Waals surface area contributed by atoms with Crippen molar-refractivity contribution in [1.29, 1.82) is 0 Å². The first kappa shape index (κ1) is 15.3. The fraction of sp³-hybridized carbons (Fsp3) is 0.714. The summed E-state index contributed by atoms with van der Waals surface area (Å²) in [6.45, 7) is 5.62. The number of hydrogen-bond acceptors (Lipinski definition) is 4. The summed E-state index contributed by atoms with van der Waals surface area (Å²) in [6.07, 6.45) is 2.23. The first-order valence-corrected chi connectivity index (χ1v) is 7.99. The first-order valence-electron chi connectivity index (χ1n) is 7.11. The number of piperidine rings is 1. The lowest BCUT2D eigenvalue weighted by molar-refractivity contribution is 0.138. The van der Waals surface area contributed by atoms with Crippen LogP contribution in [0.15, 0.2) is 5.38 Å². The third kappa shape index (κ3) is 3.70. The lowest BCUT2D eigenvalue weighted by atomic mass is 10.1. The lowest BCUT2D eigenvalue weighted by Crippen LogP contribution is -2.51. The summed E-state index contributed by atoms with van der Waals surface area (Å²) in [7, 11) is 4.15. The van der Waals surface area contributed by atoms with Crippen LogP contribution in [0.1, 0.15) is 36.5 Å². The summed E-state index contributed by atoms with van der Waals surface area (Å²) < 4.78 is 0. The molecule has 1 N–H and O–H groups in total. The zero-order chi connectivity index (χ0) is 14.7. The quantitative estimate of drug-likeness (QED) is 0.930. The summed E-state index contributed by atoms with van der Waals surface area (Å²) >= 11 is 1.62. The molecule has 1 aliphatic rings. The standard InChI is InChI=1S/C14H24N4OS/c1-10(13-9-20-11(2)16-13)15-14(19)18-7-5-6-12(8-18)17(3)4/h9-10,12H,5-8H2,1-4H3,(H,15,19)/t10-,12-/m1/s1. The van der Waals surface area contributed by atoms with Crippen molar-refractivity contribution in [2.45, 2.75) is 38.8 Å². The number of amides is 2. The average Bonchev–Trinajstić information content (AvgIpc) is 2.85. The minimum atomic E-state index is -0.0350. The number of urea groups is 1. The second-order valence-corrected chi connectivity index (χ2v) is 6.73. The van der Waals surface area contributed by atoms with Gasteiger partial charge in [0.1, 0.15) is 0 Å². The molecular weight excluding hydrogens is 272 g/mol. The van der Waals surface area contributed by atoms with E-state index in [0.717, 1.165) is 36.6 Å². The number of aromatic nitrogens is 1. The fourth-order valence-corrected chi connectivity index (χ4v) is 3.20. The molecule has 0 aliphatic carbocycles. The molecule has 0 aromatic carbocycles. The van der Waals surface area contributed by atoms with Crippen molar-refractivity contribution in [3.8, 4) is 0 Å². The van der Waals surface area contributed by atoms with Crippen LogP contribution in [-0.4, -0.2) is 54.0 Å². The molecule has 1 aliphatic heterocycles. The van der Waals surface area contributed by atoms with E-state index in [2.05, 4.69) is 29.3 Å². The molecule has 20 heavy (non-hydrogen) atoms. The number of carbonyl (C=O) groups excluding carboxylic acids is 1. The number of aryl methyl sites for hydroxylation is 1. The Labute approximate surface area is 125 Å². The van der Waals surface area contributed by atoms with Crippen LogP contribution in [0.5, 0.6) is 0 Å². The van der Waals surface area contributed by atoms with E-state index in [9.17, 15) is 4.79 Å². The van der Waals surface area contributed by atoms with Gasteiger partial charge in [0.05, 0.1) is 16.7 Å². The summed E-state index contributed by atoms with van der Waals surface area (Å²) in [5.41, 5.74) is 0.946. The highest BCUT2D eigenvalue weighted by Gasteiger charge is 2.25. The second kappa shape index (κ2) is 6.54. The number of carbonyl (C=O) groups is 1. The normalized spacial score (nSPS) is 21.1. The summed E-state index contributed by atoms with van der Waals surface area (Å²) in [4.78, 5) is 20.9. The predicted octanol–water partition coefficient (Wildman–Crippen LogP) is 2.25. The van der Waals surface area contributed by atoms with Gasteiger partial charge in [-0.1, -0.05) is 0 Å². The van der Waals surface area contributed by atoms with E-state index in [1.807, 2.05) is 24.1 Å². The van der Waals surface area contributed by atoms with Crippen LogP contribution in [0, 0.1) is 6.92 Å². The Morgan fingerprint density at radius 2 is 2.35 bits per heavy atom. The Bertz CT molecular complexity index is 460. The van der Waals surface area contributed by atoms with Crippen molar-refractivity contribution in [2.24, 2.45) is 0 Å². The SMILES string of the molecule is Cc1nc([C@@H](C)NC(=O)N2CCC[C@@H](N(C)C)C2)cs1. The molecule has 2 rings (SSSR count). The van der Waals surface area contributed by atoms with Gasteiger partial charge in [-0.2, -0.15) is 0 Å². The molecule has 5 nitrogen and oxygen atoms in total. The van der Waals surface area contributed by atoms with Crippen LogP contribution in [0.2, 0.25) is 0 Å². The van der Waals surface area contributed by atoms with Crippen LogP contribution in [0.4, 0.5) is 4.79 Å². The maximum Gasteiger partial charge on any atom is 0.317 e. The summed E-state index contributed by atoms with van der Waals surface area (Å²) in [5.74, 6) is 0. The van der Waals surface area contributed by atoms with E-state index in [1.165, 1.54) is 0 Å². The highest BCUT2D eigenvalue weighted by atomic mass is 32.1. The number of thiazole rings is 1. The molecular formula is C14H24N4OS. The smallest absolute Gasteiger partial charge is 0.317 e. The van der Waals surface area contributed by atoms with Gasteiger partial charge in [-0.25, -0.2) is 9.78 Å². The maximum atomic E-state index is 12.3. The molecule has 2 atom stereocenters. The van der Waals surface area contributed by atoms with Crippen molar-refractivity contribution in [3.05, 3.63) is 16.1 Å². The summed E-state index contributed by atoms with van der Waals surface area (Å²) in [6, 6.07) is 0.452. The average molecular weight is 296 g/mol. The first-order chi connectivity index (χ1) is 9.47. The number of nitrogens with zero attached hydrogens (tertiary/aromatic N) is 3. The molecule has 1 fully saturated rings. The Hall–Kier alpha value is -1.14.